The summed E-state index contributed by atoms with van der Waals surface area (Å²) in [4.78, 5) is 24.3. The summed E-state index contributed by atoms with van der Waals surface area (Å²) in [6, 6.07) is 2.75. The van der Waals surface area contributed by atoms with Crippen LogP contribution in [-0.2, 0) is 6.54 Å². The standard InChI is InChI=1S/C8H8N4O3/c9-6-3-7(13)10-8(14)12(6)4-5-1-2-15-11-5/h1-3H,4,9H2,(H,10,13,14). The first-order valence-corrected chi connectivity index (χ1v) is 4.16. The molecule has 2 aromatic heterocycles. The third-order valence-corrected chi connectivity index (χ3v) is 1.88. The Labute approximate surface area is 83.1 Å². The number of aromatic amines is 1. The van der Waals surface area contributed by atoms with Crippen LogP contribution in [0.3, 0.4) is 0 Å². The lowest BCUT2D eigenvalue weighted by Gasteiger charge is -2.04. The van der Waals surface area contributed by atoms with Crippen LogP contribution in [-0.4, -0.2) is 14.7 Å². The van der Waals surface area contributed by atoms with E-state index in [4.69, 9.17) is 5.73 Å². The number of hydrogen-bond acceptors (Lipinski definition) is 5. The lowest BCUT2D eigenvalue weighted by Crippen LogP contribution is -2.31. The molecule has 0 spiro atoms. The maximum absolute atomic E-state index is 11.4. The summed E-state index contributed by atoms with van der Waals surface area (Å²) in [6.45, 7) is 0.165. The zero-order valence-electron chi connectivity index (χ0n) is 7.64. The second-order valence-corrected chi connectivity index (χ2v) is 2.94. The summed E-state index contributed by atoms with van der Waals surface area (Å²) >= 11 is 0. The Kier molecular flexibility index (Phi) is 2.13. The molecule has 0 aliphatic rings. The number of nitrogens with zero attached hydrogens (tertiary/aromatic N) is 2. The van der Waals surface area contributed by atoms with E-state index in [9.17, 15) is 9.59 Å². The van der Waals surface area contributed by atoms with Crippen molar-refractivity contribution >= 4 is 5.82 Å². The predicted molar refractivity (Wildman–Crippen MR) is 51.3 cm³/mol. The van der Waals surface area contributed by atoms with Gasteiger partial charge in [0, 0.05) is 12.1 Å². The van der Waals surface area contributed by atoms with Gasteiger partial charge in [-0.15, -0.1) is 0 Å². The van der Waals surface area contributed by atoms with E-state index in [1.807, 2.05) is 0 Å². The van der Waals surface area contributed by atoms with E-state index in [-0.39, 0.29) is 12.4 Å². The van der Waals surface area contributed by atoms with Crippen molar-refractivity contribution in [1.82, 2.24) is 14.7 Å². The Hall–Kier alpha value is -2.31. The Bertz CT molecular complexity index is 566. The smallest absolute Gasteiger partial charge is 0.330 e. The van der Waals surface area contributed by atoms with Gasteiger partial charge in [-0.2, -0.15) is 0 Å². The number of H-pyrrole nitrogens is 1. The Morgan fingerprint density at radius 2 is 2.33 bits per heavy atom. The molecule has 2 heterocycles. The first kappa shape index (κ1) is 9.25. The molecule has 0 fully saturated rings. The summed E-state index contributed by atoms with van der Waals surface area (Å²) in [7, 11) is 0. The zero-order chi connectivity index (χ0) is 10.8. The van der Waals surface area contributed by atoms with Crippen LogP contribution in [0.25, 0.3) is 0 Å². The topological polar surface area (TPSA) is 107 Å². The van der Waals surface area contributed by atoms with Crippen molar-refractivity contribution in [2.45, 2.75) is 6.54 Å². The highest BCUT2D eigenvalue weighted by atomic mass is 16.5. The van der Waals surface area contributed by atoms with Crippen LogP contribution >= 0.6 is 0 Å². The number of nitrogen functional groups attached to an aromatic ring is 1. The molecule has 0 aliphatic carbocycles. The summed E-state index contributed by atoms with van der Waals surface area (Å²) in [5, 5.41) is 3.63. The van der Waals surface area contributed by atoms with Gasteiger partial charge in [-0.05, 0) is 0 Å². The van der Waals surface area contributed by atoms with Crippen molar-refractivity contribution in [2.75, 3.05) is 5.73 Å². The lowest BCUT2D eigenvalue weighted by atomic mass is 10.4. The van der Waals surface area contributed by atoms with Gasteiger partial charge in [-0.1, -0.05) is 5.16 Å². The van der Waals surface area contributed by atoms with Crippen LogP contribution in [0.1, 0.15) is 5.69 Å². The molecular weight excluding hydrogens is 200 g/mol. The first-order valence-electron chi connectivity index (χ1n) is 4.16. The van der Waals surface area contributed by atoms with Crippen molar-refractivity contribution in [3.05, 3.63) is 44.9 Å². The third-order valence-electron chi connectivity index (χ3n) is 1.88. The molecule has 15 heavy (non-hydrogen) atoms. The van der Waals surface area contributed by atoms with Crippen molar-refractivity contribution in [3.8, 4) is 0 Å². The quantitative estimate of drug-likeness (QED) is 0.668. The molecule has 2 aromatic rings. The van der Waals surface area contributed by atoms with Gasteiger partial charge in [0.05, 0.1) is 6.54 Å². The molecule has 0 radical (unpaired) electrons. The molecule has 0 saturated carbocycles. The monoisotopic (exact) mass is 208 g/mol. The molecule has 0 unspecified atom stereocenters. The summed E-state index contributed by atoms with van der Waals surface area (Å²) in [5.41, 5.74) is 4.99. The molecule has 0 aromatic carbocycles. The second-order valence-electron chi connectivity index (χ2n) is 2.94. The SMILES string of the molecule is Nc1cc(=O)[nH]c(=O)n1Cc1ccon1. The summed E-state index contributed by atoms with van der Waals surface area (Å²) in [6.07, 6.45) is 1.39. The van der Waals surface area contributed by atoms with E-state index < -0.39 is 11.2 Å². The molecule has 0 aliphatic heterocycles. The molecule has 0 bridgehead atoms. The van der Waals surface area contributed by atoms with E-state index in [0.29, 0.717) is 5.69 Å². The van der Waals surface area contributed by atoms with Gasteiger partial charge in [0.1, 0.15) is 17.8 Å². The highest BCUT2D eigenvalue weighted by molar-refractivity contribution is 5.27. The van der Waals surface area contributed by atoms with E-state index in [2.05, 4.69) is 14.7 Å². The molecular formula is C8H8N4O3. The minimum atomic E-state index is -0.567. The van der Waals surface area contributed by atoms with Crippen LogP contribution in [0.2, 0.25) is 0 Å². The zero-order valence-corrected chi connectivity index (χ0v) is 7.64. The molecule has 7 nitrogen and oxygen atoms in total. The van der Waals surface area contributed by atoms with Crippen molar-refractivity contribution in [3.63, 3.8) is 0 Å². The average Bonchev–Trinajstić information content (AvgIpc) is 2.63. The van der Waals surface area contributed by atoms with Crippen LogP contribution in [0.15, 0.2) is 32.5 Å². The minimum Gasteiger partial charge on any atom is -0.385 e. The number of nitrogens with two attached hydrogens (primary N) is 1. The predicted octanol–water partition coefficient (Wildman–Crippen LogP) is -0.845. The average molecular weight is 208 g/mol. The minimum absolute atomic E-state index is 0.0896. The number of hydrogen-bond donors (Lipinski definition) is 2. The molecule has 0 saturated heterocycles. The highest BCUT2D eigenvalue weighted by Crippen LogP contribution is 2.00. The molecule has 0 atom stereocenters. The fourth-order valence-electron chi connectivity index (χ4n) is 1.18. The van der Waals surface area contributed by atoms with Gasteiger partial charge < -0.3 is 10.3 Å². The second kappa shape index (κ2) is 3.45. The van der Waals surface area contributed by atoms with Crippen molar-refractivity contribution in [1.29, 1.82) is 0 Å². The fourth-order valence-corrected chi connectivity index (χ4v) is 1.18. The first-order chi connectivity index (χ1) is 7.16. The molecule has 0 amide bonds. The van der Waals surface area contributed by atoms with Gasteiger partial charge >= 0.3 is 5.69 Å². The third kappa shape index (κ3) is 1.80. The molecule has 2 rings (SSSR count). The Morgan fingerprint density at radius 1 is 1.53 bits per heavy atom. The van der Waals surface area contributed by atoms with Gasteiger partial charge in [0.15, 0.2) is 0 Å². The van der Waals surface area contributed by atoms with E-state index in [0.717, 1.165) is 6.07 Å². The van der Waals surface area contributed by atoms with E-state index in [1.54, 1.807) is 6.07 Å². The molecule has 7 heteroatoms. The Morgan fingerprint density at radius 3 is 2.93 bits per heavy atom. The van der Waals surface area contributed by atoms with Crippen LogP contribution < -0.4 is 17.0 Å². The normalized spacial score (nSPS) is 10.4. The molecule has 78 valence electrons. The summed E-state index contributed by atoms with van der Waals surface area (Å²) in [5.74, 6) is 0.0896. The fraction of sp³-hybridized carbons (Fsp3) is 0.125. The Balaban J connectivity index is 2.45. The van der Waals surface area contributed by atoms with Crippen molar-refractivity contribution < 1.29 is 4.52 Å². The van der Waals surface area contributed by atoms with Crippen molar-refractivity contribution in [2.24, 2.45) is 0 Å². The van der Waals surface area contributed by atoms with E-state index in [1.165, 1.54) is 10.8 Å². The van der Waals surface area contributed by atoms with E-state index >= 15 is 0 Å². The van der Waals surface area contributed by atoms with Gasteiger partial charge in [0.25, 0.3) is 5.56 Å². The summed E-state index contributed by atoms with van der Waals surface area (Å²) < 4.78 is 5.81. The number of aromatic nitrogens is 3. The van der Waals surface area contributed by atoms with Crippen LogP contribution in [0, 0.1) is 0 Å². The van der Waals surface area contributed by atoms with Gasteiger partial charge in [0.2, 0.25) is 0 Å². The van der Waals surface area contributed by atoms with Crippen LogP contribution in [0.4, 0.5) is 5.82 Å². The number of nitrogens with one attached hydrogen (secondary N) is 1. The number of anilines is 1. The van der Waals surface area contributed by atoms with Crippen LogP contribution in [0.5, 0.6) is 0 Å². The number of rotatable bonds is 2. The molecule has 3 N–H and O–H groups in total. The maximum Gasteiger partial charge on any atom is 0.330 e. The van der Waals surface area contributed by atoms with Gasteiger partial charge in [-0.25, -0.2) is 4.79 Å². The largest absolute Gasteiger partial charge is 0.385 e. The maximum atomic E-state index is 11.4. The van der Waals surface area contributed by atoms with Gasteiger partial charge in [-0.3, -0.25) is 14.3 Å². The lowest BCUT2D eigenvalue weighted by molar-refractivity contribution is 0.409. The highest BCUT2D eigenvalue weighted by Gasteiger charge is 2.05.